The Bertz CT molecular complexity index is 357. The van der Waals surface area contributed by atoms with Crippen LogP contribution < -0.4 is 5.32 Å². The summed E-state index contributed by atoms with van der Waals surface area (Å²) in [6.07, 6.45) is 2.98. The second-order valence-electron chi connectivity index (χ2n) is 3.87. The Kier molecular flexibility index (Phi) is 6.63. The second-order valence-corrected chi connectivity index (χ2v) is 4.25. The molecular weight excluding hydrogens is 241 g/mol. The highest BCUT2D eigenvalue weighted by molar-refractivity contribution is 6.17. The summed E-state index contributed by atoms with van der Waals surface area (Å²) in [4.78, 5) is 11.5. The molecule has 1 rings (SSSR count). The highest BCUT2D eigenvalue weighted by Crippen LogP contribution is 2.06. The summed E-state index contributed by atoms with van der Waals surface area (Å²) in [5.74, 6) is 0.189. The van der Waals surface area contributed by atoms with Crippen molar-refractivity contribution in [1.29, 1.82) is 0 Å². The summed E-state index contributed by atoms with van der Waals surface area (Å²) in [5, 5.41) is 2.77. The quantitative estimate of drug-likeness (QED) is 0.591. The van der Waals surface area contributed by atoms with Crippen LogP contribution in [0.15, 0.2) is 24.3 Å². The van der Waals surface area contributed by atoms with E-state index in [2.05, 4.69) is 5.32 Å². The molecule has 0 unspecified atom stereocenters. The molecule has 0 aliphatic heterocycles. The Morgan fingerprint density at radius 3 is 2.71 bits per heavy atom. The van der Waals surface area contributed by atoms with E-state index in [1.165, 1.54) is 6.07 Å². The lowest BCUT2D eigenvalue weighted by Crippen LogP contribution is -2.26. The van der Waals surface area contributed by atoms with Crippen LogP contribution in [0.1, 0.15) is 24.8 Å². The Morgan fingerprint density at radius 2 is 2.00 bits per heavy atom. The lowest BCUT2D eigenvalue weighted by Gasteiger charge is -2.05. The van der Waals surface area contributed by atoms with Crippen molar-refractivity contribution < 1.29 is 9.18 Å². The van der Waals surface area contributed by atoms with Gasteiger partial charge in [0.15, 0.2) is 0 Å². The molecule has 0 bridgehead atoms. The summed E-state index contributed by atoms with van der Waals surface area (Å²) in [6.45, 7) is 0.629. The molecule has 0 aliphatic rings. The zero-order valence-electron chi connectivity index (χ0n) is 9.72. The number of carbonyl (C=O) groups excluding carboxylic acids is 1. The van der Waals surface area contributed by atoms with Gasteiger partial charge in [-0.15, -0.1) is 11.6 Å². The van der Waals surface area contributed by atoms with Crippen LogP contribution in [0, 0.1) is 5.82 Å². The molecule has 0 radical (unpaired) electrons. The zero-order valence-corrected chi connectivity index (χ0v) is 10.5. The monoisotopic (exact) mass is 257 g/mol. The van der Waals surface area contributed by atoms with Crippen molar-refractivity contribution >= 4 is 17.5 Å². The van der Waals surface area contributed by atoms with Crippen LogP contribution in [0.25, 0.3) is 0 Å². The maximum absolute atomic E-state index is 13.2. The molecule has 2 nitrogen and oxygen atoms in total. The third-order valence-corrected chi connectivity index (χ3v) is 2.71. The van der Waals surface area contributed by atoms with Gasteiger partial charge in [-0.2, -0.15) is 0 Å². The minimum absolute atomic E-state index is 0.0994. The van der Waals surface area contributed by atoms with Crippen molar-refractivity contribution in [2.45, 2.75) is 25.7 Å². The first-order valence-corrected chi connectivity index (χ1v) is 6.33. The highest BCUT2D eigenvalue weighted by atomic mass is 35.5. The van der Waals surface area contributed by atoms with Crippen LogP contribution in [0.3, 0.4) is 0 Å². The topological polar surface area (TPSA) is 29.1 Å². The predicted octanol–water partition coefficient (Wildman–Crippen LogP) is 2.89. The van der Waals surface area contributed by atoms with Gasteiger partial charge in [0.1, 0.15) is 5.82 Å². The van der Waals surface area contributed by atoms with Gasteiger partial charge in [0, 0.05) is 12.4 Å². The summed E-state index contributed by atoms with van der Waals surface area (Å²) < 4.78 is 13.2. The van der Waals surface area contributed by atoms with Crippen molar-refractivity contribution in [2.75, 3.05) is 12.4 Å². The van der Waals surface area contributed by atoms with E-state index in [0.717, 1.165) is 19.3 Å². The molecule has 0 atom stereocenters. The number of nitrogens with one attached hydrogen (secondary N) is 1. The van der Waals surface area contributed by atoms with Gasteiger partial charge in [-0.3, -0.25) is 4.79 Å². The molecule has 1 N–H and O–H groups in total. The molecule has 1 aromatic carbocycles. The molecule has 0 fully saturated rings. The van der Waals surface area contributed by atoms with Crippen LogP contribution in [0.2, 0.25) is 0 Å². The van der Waals surface area contributed by atoms with Crippen LogP contribution >= 0.6 is 11.6 Å². The third kappa shape index (κ3) is 5.68. The fourth-order valence-corrected chi connectivity index (χ4v) is 1.69. The summed E-state index contributed by atoms with van der Waals surface area (Å²) in [5.41, 5.74) is 0.436. The van der Waals surface area contributed by atoms with Crippen molar-refractivity contribution in [3.63, 3.8) is 0 Å². The molecule has 0 heterocycles. The van der Waals surface area contributed by atoms with Gasteiger partial charge >= 0.3 is 0 Å². The van der Waals surface area contributed by atoms with Crippen molar-refractivity contribution in [1.82, 2.24) is 5.32 Å². The van der Waals surface area contributed by atoms with Gasteiger partial charge in [0.2, 0.25) is 5.91 Å². The molecule has 0 saturated heterocycles. The van der Waals surface area contributed by atoms with Crippen molar-refractivity contribution in [3.05, 3.63) is 35.6 Å². The van der Waals surface area contributed by atoms with Crippen molar-refractivity contribution in [2.24, 2.45) is 0 Å². The Hall–Kier alpha value is -1.09. The fraction of sp³-hybridized carbons (Fsp3) is 0.462. The molecule has 0 saturated carbocycles. The lowest BCUT2D eigenvalue weighted by atomic mass is 10.1. The summed E-state index contributed by atoms with van der Waals surface area (Å²) in [6, 6.07) is 6.33. The number of hydrogen-bond donors (Lipinski definition) is 1. The van der Waals surface area contributed by atoms with E-state index in [4.69, 9.17) is 11.6 Å². The van der Waals surface area contributed by atoms with Crippen LogP contribution in [-0.4, -0.2) is 18.3 Å². The predicted molar refractivity (Wildman–Crippen MR) is 67.7 cm³/mol. The smallest absolute Gasteiger partial charge is 0.224 e. The van der Waals surface area contributed by atoms with Gasteiger partial charge in [-0.1, -0.05) is 24.6 Å². The van der Waals surface area contributed by atoms with Gasteiger partial charge in [-0.25, -0.2) is 4.39 Å². The molecule has 94 valence electrons. The van der Waals surface area contributed by atoms with E-state index in [1.807, 2.05) is 0 Å². The molecule has 0 spiro atoms. The summed E-state index contributed by atoms with van der Waals surface area (Å²) in [7, 11) is 0. The maximum Gasteiger partial charge on any atom is 0.224 e. The molecule has 0 aromatic heterocycles. The number of carbonyl (C=O) groups is 1. The molecular formula is C13H17ClFNO. The molecule has 0 aliphatic carbocycles. The normalized spacial score (nSPS) is 10.2. The van der Waals surface area contributed by atoms with Crippen LogP contribution in [0.5, 0.6) is 0 Å². The zero-order chi connectivity index (χ0) is 12.5. The molecule has 1 amide bonds. The third-order valence-electron chi connectivity index (χ3n) is 2.44. The van der Waals surface area contributed by atoms with E-state index in [9.17, 15) is 9.18 Å². The standard InChI is InChI=1S/C13H17ClFNO/c14-8-4-1-5-9-16-13(17)10-11-6-2-3-7-12(11)15/h2-3,6-7H,1,4-5,8-10H2,(H,16,17). The first kappa shape index (κ1) is 14.0. The number of rotatable bonds is 7. The van der Waals surface area contributed by atoms with Gasteiger partial charge < -0.3 is 5.32 Å². The molecule has 4 heteroatoms. The highest BCUT2D eigenvalue weighted by Gasteiger charge is 2.06. The van der Waals surface area contributed by atoms with Crippen LogP contribution in [-0.2, 0) is 11.2 Å². The second kappa shape index (κ2) is 8.07. The number of benzene rings is 1. The minimum Gasteiger partial charge on any atom is -0.356 e. The number of amides is 1. The fourth-order valence-electron chi connectivity index (χ4n) is 1.50. The number of unbranched alkanes of at least 4 members (excludes halogenated alkanes) is 2. The number of hydrogen-bond acceptors (Lipinski definition) is 1. The molecule has 17 heavy (non-hydrogen) atoms. The number of alkyl halides is 1. The number of halogens is 2. The Morgan fingerprint density at radius 1 is 1.24 bits per heavy atom. The van der Waals surface area contributed by atoms with E-state index in [-0.39, 0.29) is 18.1 Å². The lowest BCUT2D eigenvalue weighted by molar-refractivity contribution is -0.120. The average molecular weight is 258 g/mol. The first-order valence-electron chi connectivity index (χ1n) is 5.80. The Labute approximate surface area is 106 Å². The van der Waals surface area contributed by atoms with E-state index in [0.29, 0.717) is 18.0 Å². The molecule has 1 aromatic rings. The SMILES string of the molecule is O=C(Cc1ccccc1F)NCCCCCCl. The van der Waals surface area contributed by atoms with E-state index >= 15 is 0 Å². The van der Waals surface area contributed by atoms with Gasteiger partial charge in [0.25, 0.3) is 0 Å². The minimum atomic E-state index is -0.329. The Balaban J connectivity index is 2.23. The summed E-state index contributed by atoms with van der Waals surface area (Å²) >= 11 is 5.54. The van der Waals surface area contributed by atoms with Crippen LogP contribution in [0.4, 0.5) is 4.39 Å². The van der Waals surface area contributed by atoms with Gasteiger partial charge in [-0.05, 0) is 24.5 Å². The van der Waals surface area contributed by atoms with E-state index < -0.39 is 0 Å². The maximum atomic E-state index is 13.2. The van der Waals surface area contributed by atoms with Gasteiger partial charge in [0.05, 0.1) is 6.42 Å². The largest absolute Gasteiger partial charge is 0.356 e. The first-order chi connectivity index (χ1) is 8.24. The average Bonchev–Trinajstić information content (AvgIpc) is 2.32. The van der Waals surface area contributed by atoms with Crippen molar-refractivity contribution in [3.8, 4) is 0 Å². The van der Waals surface area contributed by atoms with E-state index in [1.54, 1.807) is 18.2 Å².